The molecule has 0 bridgehead atoms. The summed E-state index contributed by atoms with van der Waals surface area (Å²) in [5.41, 5.74) is 2.56. The molecule has 60 valence electrons. The molecule has 0 nitrogen and oxygen atoms in total. The second kappa shape index (κ2) is 5.72. The zero-order chi connectivity index (χ0) is 8.69. The largest absolute Gasteiger partial charge is 0.0991 e. The fourth-order valence-electron chi connectivity index (χ4n) is 0.843. The van der Waals surface area contributed by atoms with Crippen LogP contribution >= 0.6 is 0 Å². The smallest absolute Gasteiger partial charge is 0.0305 e. The molecule has 0 aliphatic carbocycles. The van der Waals surface area contributed by atoms with E-state index < -0.39 is 0 Å². The third kappa shape index (κ3) is 3.61. The lowest BCUT2D eigenvalue weighted by atomic mass is 10.1. The molecule has 0 aromatic heterocycles. The molecule has 0 heterocycles. The van der Waals surface area contributed by atoms with Crippen molar-refractivity contribution < 1.29 is 0 Å². The molecule has 0 saturated heterocycles. The Kier molecular flexibility index (Phi) is 5.18. The Balaban J connectivity index is 4.50. The summed E-state index contributed by atoms with van der Waals surface area (Å²) >= 11 is 0. The first-order chi connectivity index (χ1) is 5.26. The van der Waals surface area contributed by atoms with E-state index in [0.717, 1.165) is 6.42 Å². The summed E-state index contributed by atoms with van der Waals surface area (Å²) < 4.78 is 0. The normalized spacial score (nSPS) is 12.9. The first-order valence-corrected chi connectivity index (χ1v) is 3.87. The van der Waals surface area contributed by atoms with Crippen molar-refractivity contribution >= 4 is 0 Å². The van der Waals surface area contributed by atoms with Gasteiger partial charge < -0.3 is 0 Å². The van der Waals surface area contributed by atoms with Crippen LogP contribution in [-0.2, 0) is 0 Å². The average Bonchev–Trinajstić information content (AvgIpc) is 2.05. The highest BCUT2D eigenvalue weighted by Crippen LogP contribution is 2.10. The topological polar surface area (TPSA) is 0 Å². The van der Waals surface area contributed by atoms with Gasteiger partial charge in [0.05, 0.1) is 0 Å². The first kappa shape index (κ1) is 9.96. The molecule has 0 rings (SSSR count). The van der Waals surface area contributed by atoms with Gasteiger partial charge in [-0.15, -0.1) is 0 Å². The van der Waals surface area contributed by atoms with Gasteiger partial charge in [-0.25, -0.2) is 0 Å². The van der Waals surface area contributed by atoms with Crippen LogP contribution in [0.5, 0.6) is 0 Å². The van der Waals surface area contributed by atoms with Crippen LogP contribution in [0.2, 0.25) is 0 Å². The van der Waals surface area contributed by atoms with E-state index in [1.807, 2.05) is 12.2 Å². The van der Waals surface area contributed by atoms with Crippen LogP contribution in [0.15, 0.2) is 48.6 Å². The lowest BCUT2D eigenvalue weighted by Crippen LogP contribution is -1.79. The van der Waals surface area contributed by atoms with Gasteiger partial charge in [-0.2, -0.15) is 0 Å². The zero-order valence-electron chi connectivity index (χ0n) is 7.43. The highest BCUT2D eigenvalue weighted by atomic mass is 14.0. The van der Waals surface area contributed by atoms with Crippen LogP contribution in [0.4, 0.5) is 0 Å². The van der Waals surface area contributed by atoms with E-state index in [1.165, 1.54) is 11.1 Å². The van der Waals surface area contributed by atoms with Crippen molar-refractivity contribution in [3.8, 4) is 0 Å². The summed E-state index contributed by atoms with van der Waals surface area (Å²) in [5.74, 6) is 0. The molecule has 0 N–H and O–H groups in total. The van der Waals surface area contributed by atoms with Crippen LogP contribution in [-0.4, -0.2) is 0 Å². The Hall–Kier alpha value is -1.04. The minimum Gasteiger partial charge on any atom is -0.0991 e. The third-order valence-electron chi connectivity index (χ3n) is 1.63. The van der Waals surface area contributed by atoms with Crippen molar-refractivity contribution in [3.05, 3.63) is 48.6 Å². The quantitative estimate of drug-likeness (QED) is 0.534. The molecule has 0 saturated carbocycles. The van der Waals surface area contributed by atoms with Crippen molar-refractivity contribution in [2.24, 2.45) is 0 Å². The maximum atomic E-state index is 3.72. The predicted octanol–water partition coefficient (Wildman–Crippen LogP) is 3.64. The lowest BCUT2D eigenvalue weighted by Gasteiger charge is -1.99. The fraction of sp³-hybridized carbons (Fsp3) is 0.273. The molecule has 0 atom stereocenters. The molecule has 0 aromatic rings. The van der Waals surface area contributed by atoms with E-state index in [-0.39, 0.29) is 0 Å². The van der Waals surface area contributed by atoms with Crippen LogP contribution < -0.4 is 0 Å². The van der Waals surface area contributed by atoms with E-state index in [1.54, 1.807) is 6.08 Å². The number of allylic oxidation sites excluding steroid dienone is 6. The highest BCUT2D eigenvalue weighted by Gasteiger charge is 1.90. The zero-order valence-corrected chi connectivity index (χ0v) is 7.43. The van der Waals surface area contributed by atoms with E-state index in [0.29, 0.717) is 0 Å². The van der Waals surface area contributed by atoms with E-state index >= 15 is 0 Å². The van der Waals surface area contributed by atoms with Gasteiger partial charge in [-0.05, 0) is 24.5 Å². The molecule has 0 radical (unpaired) electrons. The predicted molar refractivity (Wildman–Crippen MR) is 52.5 cm³/mol. The molecule has 0 aliphatic heterocycles. The minimum atomic E-state index is 1.04. The second-order valence-electron chi connectivity index (χ2n) is 2.36. The van der Waals surface area contributed by atoms with Gasteiger partial charge in [0.25, 0.3) is 0 Å². The van der Waals surface area contributed by atoms with Gasteiger partial charge in [0.2, 0.25) is 0 Å². The SMILES string of the molecule is C=C/C=C\C(CC)=C(/C)C=C. The summed E-state index contributed by atoms with van der Waals surface area (Å²) in [6.45, 7) is 11.5. The summed E-state index contributed by atoms with van der Waals surface area (Å²) in [7, 11) is 0. The number of hydrogen-bond acceptors (Lipinski definition) is 0. The van der Waals surface area contributed by atoms with E-state index in [2.05, 4.69) is 33.1 Å². The molecule has 0 aromatic carbocycles. The Labute approximate surface area is 69.6 Å². The highest BCUT2D eigenvalue weighted by molar-refractivity contribution is 5.31. The molecule has 0 fully saturated rings. The molecular weight excluding hydrogens is 132 g/mol. The Bertz CT molecular complexity index is 192. The first-order valence-electron chi connectivity index (χ1n) is 3.87. The van der Waals surface area contributed by atoms with E-state index in [9.17, 15) is 0 Å². The second-order valence-corrected chi connectivity index (χ2v) is 2.36. The molecule has 0 spiro atoms. The monoisotopic (exact) mass is 148 g/mol. The van der Waals surface area contributed by atoms with Crippen molar-refractivity contribution in [1.82, 2.24) is 0 Å². The van der Waals surface area contributed by atoms with Crippen LogP contribution in [0.25, 0.3) is 0 Å². The Morgan fingerprint density at radius 3 is 2.36 bits per heavy atom. The van der Waals surface area contributed by atoms with E-state index in [4.69, 9.17) is 0 Å². The summed E-state index contributed by atoms with van der Waals surface area (Å²) in [6, 6.07) is 0. The van der Waals surface area contributed by atoms with Crippen molar-refractivity contribution in [2.45, 2.75) is 20.3 Å². The van der Waals surface area contributed by atoms with Crippen molar-refractivity contribution in [1.29, 1.82) is 0 Å². The van der Waals surface area contributed by atoms with Gasteiger partial charge in [-0.1, -0.05) is 44.4 Å². The van der Waals surface area contributed by atoms with Gasteiger partial charge >= 0.3 is 0 Å². The number of rotatable bonds is 4. The maximum Gasteiger partial charge on any atom is -0.0305 e. The molecule has 0 amide bonds. The summed E-state index contributed by atoms with van der Waals surface area (Å²) in [5, 5.41) is 0. The van der Waals surface area contributed by atoms with Gasteiger partial charge in [0.1, 0.15) is 0 Å². The van der Waals surface area contributed by atoms with Crippen LogP contribution in [0.1, 0.15) is 20.3 Å². The van der Waals surface area contributed by atoms with Crippen LogP contribution in [0.3, 0.4) is 0 Å². The minimum absolute atomic E-state index is 1.04. The van der Waals surface area contributed by atoms with Crippen molar-refractivity contribution in [3.63, 3.8) is 0 Å². The molecular formula is C11H16. The van der Waals surface area contributed by atoms with Gasteiger partial charge in [0, 0.05) is 0 Å². The maximum absolute atomic E-state index is 3.72. The summed E-state index contributed by atoms with van der Waals surface area (Å²) in [4.78, 5) is 0. The van der Waals surface area contributed by atoms with Gasteiger partial charge in [-0.3, -0.25) is 0 Å². The Morgan fingerprint density at radius 2 is 2.00 bits per heavy atom. The molecule has 0 aliphatic rings. The standard InChI is InChI=1S/C11H16/c1-5-8-9-11(7-3)10(4)6-2/h5-6,8-9H,1-2,7H2,3-4H3/b9-8-,11-10+. The molecule has 0 heteroatoms. The molecule has 11 heavy (non-hydrogen) atoms. The third-order valence-corrected chi connectivity index (χ3v) is 1.63. The fourth-order valence-corrected chi connectivity index (χ4v) is 0.843. The Morgan fingerprint density at radius 1 is 1.36 bits per heavy atom. The average molecular weight is 148 g/mol. The summed E-state index contributed by atoms with van der Waals surface area (Å²) in [6.07, 6.45) is 8.73. The lowest BCUT2D eigenvalue weighted by molar-refractivity contribution is 1.12. The molecule has 0 unspecified atom stereocenters. The number of hydrogen-bond donors (Lipinski definition) is 0. The van der Waals surface area contributed by atoms with Gasteiger partial charge in [0.15, 0.2) is 0 Å². The van der Waals surface area contributed by atoms with Crippen LogP contribution in [0, 0.1) is 0 Å². The van der Waals surface area contributed by atoms with Crippen molar-refractivity contribution in [2.75, 3.05) is 0 Å².